The van der Waals surface area contributed by atoms with Crippen LogP contribution < -0.4 is 10.5 Å². The molecule has 1 aromatic carbocycles. The van der Waals surface area contributed by atoms with E-state index in [-0.39, 0.29) is 23.2 Å². The number of nitrogens with zero attached hydrogens (tertiary/aromatic N) is 3. The Bertz CT molecular complexity index is 736. The number of aryl methyl sites for hydroxylation is 1. The molecule has 2 heterocycles. The number of hydrogen-bond donors (Lipinski definition) is 0. The first-order valence-electron chi connectivity index (χ1n) is 6.54. The van der Waals surface area contributed by atoms with Crippen LogP contribution in [0, 0.1) is 0 Å². The van der Waals surface area contributed by atoms with Crippen molar-refractivity contribution in [1.82, 2.24) is 9.78 Å². The Morgan fingerprint density at radius 1 is 1.25 bits per heavy atom. The van der Waals surface area contributed by atoms with Crippen LogP contribution in [-0.2, 0) is 13.5 Å². The molecule has 1 aromatic heterocycles. The summed E-state index contributed by atoms with van der Waals surface area (Å²) < 4.78 is 1.18. The standard InChI is InChI=1S/C15H15N3O2/c1-10-9-11-5-3-4-6-13(11)18(10)15(20)12-7-8-14(19)17(2)16-12/h3-8,10H,9H2,1-2H3/t10-/m0/s1. The maximum atomic E-state index is 12.6. The zero-order valence-electron chi connectivity index (χ0n) is 11.4. The second kappa shape index (κ2) is 4.59. The van der Waals surface area contributed by atoms with Crippen LogP contribution in [0.15, 0.2) is 41.2 Å². The maximum absolute atomic E-state index is 12.6. The molecule has 0 bridgehead atoms. The molecule has 5 heteroatoms. The molecule has 20 heavy (non-hydrogen) atoms. The van der Waals surface area contributed by atoms with Crippen molar-refractivity contribution in [3.05, 3.63) is 58.0 Å². The molecule has 0 unspecified atom stereocenters. The molecule has 1 amide bonds. The van der Waals surface area contributed by atoms with Gasteiger partial charge in [0.05, 0.1) is 0 Å². The number of para-hydroxylation sites is 1. The molecule has 0 aliphatic carbocycles. The van der Waals surface area contributed by atoms with Gasteiger partial charge in [-0.25, -0.2) is 4.68 Å². The van der Waals surface area contributed by atoms with Gasteiger partial charge in [-0.3, -0.25) is 9.59 Å². The van der Waals surface area contributed by atoms with Gasteiger partial charge in [0.25, 0.3) is 11.5 Å². The summed E-state index contributed by atoms with van der Waals surface area (Å²) in [6, 6.07) is 10.8. The van der Waals surface area contributed by atoms with Gasteiger partial charge in [-0.15, -0.1) is 0 Å². The van der Waals surface area contributed by atoms with E-state index >= 15 is 0 Å². The Kier molecular flexibility index (Phi) is 2.89. The van der Waals surface area contributed by atoms with Crippen LogP contribution >= 0.6 is 0 Å². The van der Waals surface area contributed by atoms with E-state index in [0.717, 1.165) is 17.7 Å². The number of fused-ring (bicyclic) bond motifs is 1. The number of hydrogen-bond acceptors (Lipinski definition) is 3. The summed E-state index contributed by atoms with van der Waals surface area (Å²) in [7, 11) is 1.54. The normalized spacial score (nSPS) is 17.1. The highest BCUT2D eigenvalue weighted by molar-refractivity contribution is 6.06. The van der Waals surface area contributed by atoms with E-state index in [1.54, 1.807) is 11.9 Å². The van der Waals surface area contributed by atoms with Gasteiger partial charge in [0.15, 0.2) is 0 Å². The molecule has 5 nitrogen and oxygen atoms in total. The number of carbonyl (C=O) groups excluding carboxylic acids is 1. The van der Waals surface area contributed by atoms with Gasteiger partial charge < -0.3 is 4.90 Å². The van der Waals surface area contributed by atoms with Crippen molar-refractivity contribution < 1.29 is 4.79 Å². The van der Waals surface area contributed by atoms with Crippen LogP contribution in [0.4, 0.5) is 5.69 Å². The highest BCUT2D eigenvalue weighted by Gasteiger charge is 2.31. The molecule has 0 radical (unpaired) electrons. The second-order valence-corrected chi connectivity index (χ2v) is 5.04. The fraction of sp³-hybridized carbons (Fsp3) is 0.267. The summed E-state index contributed by atoms with van der Waals surface area (Å²) in [6.07, 6.45) is 0.841. The van der Waals surface area contributed by atoms with E-state index in [2.05, 4.69) is 5.10 Å². The Hall–Kier alpha value is -2.43. The first kappa shape index (κ1) is 12.6. The average molecular weight is 269 g/mol. The Labute approximate surface area is 116 Å². The fourth-order valence-corrected chi connectivity index (χ4v) is 2.61. The van der Waals surface area contributed by atoms with E-state index < -0.39 is 0 Å². The number of anilines is 1. The van der Waals surface area contributed by atoms with Crippen molar-refractivity contribution in [2.45, 2.75) is 19.4 Å². The summed E-state index contributed by atoms with van der Waals surface area (Å²) in [5, 5.41) is 4.04. The highest BCUT2D eigenvalue weighted by Crippen LogP contribution is 2.32. The minimum Gasteiger partial charge on any atom is -0.304 e. The number of rotatable bonds is 1. The highest BCUT2D eigenvalue weighted by atomic mass is 16.2. The molecule has 1 aliphatic rings. The fourth-order valence-electron chi connectivity index (χ4n) is 2.61. The molecular weight excluding hydrogens is 254 g/mol. The molecule has 2 aromatic rings. The average Bonchev–Trinajstić information content (AvgIpc) is 2.77. The smallest absolute Gasteiger partial charge is 0.278 e. The second-order valence-electron chi connectivity index (χ2n) is 5.04. The van der Waals surface area contributed by atoms with Crippen molar-refractivity contribution in [1.29, 1.82) is 0 Å². The molecule has 0 spiro atoms. The van der Waals surface area contributed by atoms with Crippen LogP contribution in [0.5, 0.6) is 0 Å². The van der Waals surface area contributed by atoms with Crippen LogP contribution in [0.2, 0.25) is 0 Å². The lowest BCUT2D eigenvalue weighted by Crippen LogP contribution is -2.37. The first-order chi connectivity index (χ1) is 9.58. The molecule has 3 rings (SSSR count). The predicted octanol–water partition coefficient (Wildman–Crippen LogP) is 1.37. The van der Waals surface area contributed by atoms with Gasteiger partial charge >= 0.3 is 0 Å². The Morgan fingerprint density at radius 2 is 2.00 bits per heavy atom. The molecule has 1 atom stereocenters. The third kappa shape index (κ3) is 1.91. The summed E-state index contributed by atoms with van der Waals surface area (Å²) in [5.41, 5.74) is 2.16. The van der Waals surface area contributed by atoms with Crippen molar-refractivity contribution in [3.8, 4) is 0 Å². The van der Waals surface area contributed by atoms with Crippen LogP contribution in [0.1, 0.15) is 23.0 Å². The minimum atomic E-state index is -0.226. The largest absolute Gasteiger partial charge is 0.304 e. The molecule has 1 aliphatic heterocycles. The van der Waals surface area contributed by atoms with Crippen LogP contribution in [0.25, 0.3) is 0 Å². The van der Waals surface area contributed by atoms with E-state index in [9.17, 15) is 9.59 Å². The van der Waals surface area contributed by atoms with Crippen LogP contribution in [-0.4, -0.2) is 21.7 Å². The van der Waals surface area contributed by atoms with Crippen molar-refractivity contribution >= 4 is 11.6 Å². The topological polar surface area (TPSA) is 55.2 Å². The summed E-state index contributed by atoms with van der Waals surface area (Å²) >= 11 is 0. The monoisotopic (exact) mass is 269 g/mol. The van der Waals surface area contributed by atoms with Crippen molar-refractivity contribution in [3.63, 3.8) is 0 Å². The summed E-state index contributed by atoms with van der Waals surface area (Å²) in [4.78, 5) is 25.7. The van der Waals surface area contributed by atoms with Crippen LogP contribution in [0.3, 0.4) is 0 Å². The predicted molar refractivity (Wildman–Crippen MR) is 75.9 cm³/mol. The van der Waals surface area contributed by atoms with Gasteiger partial charge in [-0.05, 0) is 31.0 Å². The van der Waals surface area contributed by atoms with Crippen molar-refractivity contribution in [2.75, 3.05) is 4.90 Å². The zero-order valence-corrected chi connectivity index (χ0v) is 11.4. The van der Waals surface area contributed by atoms with Gasteiger partial charge in [-0.2, -0.15) is 5.10 Å². The molecule has 0 fully saturated rings. The number of carbonyl (C=O) groups is 1. The number of aromatic nitrogens is 2. The van der Waals surface area contributed by atoms with Gasteiger partial charge in [0.1, 0.15) is 5.69 Å². The Morgan fingerprint density at radius 3 is 2.75 bits per heavy atom. The molecule has 0 saturated heterocycles. The van der Waals surface area contributed by atoms with E-state index in [1.165, 1.54) is 16.8 Å². The van der Waals surface area contributed by atoms with Crippen molar-refractivity contribution in [2.24, 2.45) is 7.05 Å². The quantitative estimate of drug-likeness (QED) is 0.785. The summed E-state index contributed by atoms with van der Waals surface area (Å²) in [5.74, 6) is -0.168. The molecule has 102 valence electrons. The minimum absolute atomic E-state index is 0.0962. The lowest BCUT2D eigenvalue weighted by Gasteiger charge is -2.22. The lowest BCUT2D eigenvalue weighted by molar-refractivity contribution is 0.0974. The van der Waals surface area contributed by atoms with E-state index in [1.807, 2.05) is 31.2 Å². The van der Waals surface area contributed by atoms with E-state index in [4.69, 9.17) is 0 Å². The molecule has 0 saturated carbocycles. The van der Waals surface area contributed by atoms with E-state index in [0.29, 0.717) is 0 Å². The number of amides is 1. The summed E-state index contributed by atoms with van der Waals surface area (Å²) in [6.45, 7) is 2.01. The Balaban J connectivity index is 2.02. The van der Waals surface area contributed by atoms with Gasteiger partial charge in [0.2, 0.25) is 0 Å². The zero-order chi connectivity index (χ0) is 14.3. The SMILES string of the molecule is C[C@H]1Cc2ccccc2N1C(=O)c1ccc(=O)n(C)n1. The first-order valence-corrected chi connectivity index (χ1v) is 6.54. The molecular formula is C15H15N3O2. The molecule has 0 N–H and O–H groups in total. The maximum Gasteiger partial charge on any atom is 0.278 e. The third-order valence-electron chi connectivity index (χ3n) is 3.61. The van der Waals surface area contributed by atoms with Gasteiger partial charge in [-0.1, -0.05) is 18.2 Å². The third-order valence-corrected chi connectivity index (χ3v) is 3.61. The van der Waals surface area contributed by atoms with Gasteiger partial charge in [0, 0.05) is 24.8 Å². The lowest BCUT2D eigenvalue weighted by atomic mass is 10.1. The number of benzene rings is 1.